The van der Waals surface area contributed by atoms with Crippen LogP contribution in [0.5, 0.6) is 5.75 Å². The van der Waals surface area contributed by atoms with Crippen LogP contribution in [-0.4, -0.2) is 21.3 Å². The van der Waals surface area contributed by atoms with Gasteiger partial charge in [0.05, 0.1) is 6.04 Å². The van der Waals surface area contributed by atoms with Crippen molar-refractivity contribution < 1.29 is 5.11 Å². The van der Waals surface area contributed by atoms with Gasteiger partial charge in [0.1, 0.15) is 17.1 Å². The Kier molecular flexibility index (Phi) is 5.41. The molecule has 0 saturated carbocycles. The standard InChI is InChI=1S/C24H23N3OS/c1-15-5-4-6-21(25-15)27-22(17-9-12-19(29-3)13-10-17)20-14-11-18-8-7-16(2)26-23(18)24(20)28/h4-14,22,28H,1-3H3,(H,25,27). The van der Waals surface area contributed by atoms with Gasteiger partial charge < -0.3 is 10.4 Å². The maximum absolute atomic E-state index is 11.1. The predicted octanol–water partition coefficient (Wildman–Crippen LogP) is 5.88. The van der Waals surface area contributed by atoms with Gasteiger partial charge >= 0.3 is 0 Å². The molecule has 0 bridgehead atoms. The quantitative estimate of drug-likeness (QED) is 0.409. The second-order valence-electron chi connectivity index (χ2n) is 7.04. The maximum atomic E-state index is 11.1. The van der Waals surface area contributed by atoms with Crippen molar-refractivity contribution in [3.8, 4) is 5.75 Å². The van der Waals surface area contributed by atoms with Crippen LogP contribution in [0.4, 0.5) is 5.82 Å². The molecule has 2 aromatic heterocycles. The number of aryl methyl sites for hydroxylation is 2. The molecule has 0 radical (unpaired) electrons. The van der Waals surface area contributed by atoms with Crippen molar-refractivity contribution in [1.82, 2.24) is 9.97 Å². The van der Waals surface area contributed by atoms with Crippen molar-refractivity contribution >= 4 is 28.5 Å². The molecule has 29 heavy (non-hydrogen) atoms. The number of hydrogen-bond donors (Lipinski definition) is 2. The van der Waals surface area contributed by atoms with Gasteiger partial charge in [0, 0.05) is 27.2 Å². The van der Waals surface area contributed by atoms with E-state index < -0.39 is 0 Å². The van der Waals surface area contributed by atoms with Crippen LogP contribution in [0.1, 0.15) is 28.6 Å². The summed E-state index contributed by atoms with van der Waals surface area (Å²) in [5, 5.41) is 15.5. The van der Waals surface area contributed by atoms with E-state index in [0.29, 0.717) is 5.52 Å². The van der Waals surface area contributed by atoms with Crippen molar-refractivity contribution in [1.29, 1.82) is 0 Å². The second kappa shape index (κ2) is 8.13. The number of aromatic nitrogens is 2. The fourth-order valence-electron chi connectivity index (χ4n) is 3.43. The minimum absolute atomic E-state index is 0.199. The second-order valence-corrected chi connectivity index (χ2v) is 7.92. The topological polar surface area (TPSA) is 58.0 Å². The predicted molar refractivity (Wildman–Crippen MR) is 121 cm³/mol. The first-order valence-electron chi connectivity index (χ1n) is 9.48. The zero-order chi connectivity index (χ0) is 20.4. The van der Waals surface area contributed by atoms with Crippen LogP contribution in [0.25, 0.3) is 10.9 Å². The van der Waals surface area contributed by atoms with Crippen molar-refractivity contribution in [2.75, 3.05) is 11.6 Å². The SMILES string of the molecule is CSc1ccc(C(Nc2cccc(C)n2)c2ccc3ccc(C)nc3c2O)cc1. The Morgan fingerprint density at radius 2 is 1.59 bits per heavy atom. The first kappa shape index (κ1) is 19.3. The first-order valence-corrected chi connectivity index (χ1v) is 10.7. The molecule has 2 heterocycles. The average molecular weight is 402 g/mol. The van der Waals surface area contributed by atoms with E-state index >= 15 is 0 Å². The van der Waals surface area contributed by atoms with Gasteiger partial charge in [0.2, 0.25) is 0 Å². The fourth-order valence-corrected chi connectivity index (χ4v) is 3.84. The molecule has 0 saturated heterocycles. The number of nitrogens with zero attached hydrogens (tertiary/aromatic N) is 2. The van der Waals surface area contributed by atoms with Crippen LogP contribution in [-0.2, 0) is 0 Å². The van der Waals surface area contributed by atoms with E-state index in [1.807, 2.05) is 56.3 Å². The average Bonchev–Trinajstić information content (AvgIpc) is 2.73. The fraction of sp³-hybridized carbons (Fsp3) is 0.167. The molecule has 0 spiro atoms. The van der Waals surface area contributed by atoms with E-state index in [9.17, 15) is 5.11 Å². The molecular weight excluding hydrogens is 378 g/mol. The van der Waals surface area contributed by atoms with Crippen LogP contribution in [0, 0.1) is 13.8 Å². The van der Waals surface area contributed by atoms with Gasteiger partial charge in [-0.3, -0.25) is 0 Å². The summed E-state index contributed by atoms with van der Waals surface area (Å²) in [4.78, 5) is 10.4. The molecular formula is C24H23N3OS. The lowest BCUT2D eigenvalue weighted by Gasteiger charge is -2.22. The van der Waals surface area contributed by atoms with E-state index in [4.69, 9.17) is 0 Å². The number of phenolic OH excluding ortho intramolecular Hbond substituents is 1. The summed E-state index contributed by atoms with van der Waals surface area (Å²) in [6.07, 6.45) is 2.06. The zero-order valence-electron chi connectivity index (χ0n) is 16.7. The number of rotatable bonds is 5. The van der Waals surface area contributed by atoms with Crippen LogP contribution in [0.15, 0.2) is 71.6 Å². The largest absolute Gasteiger partial charge is 0.505 e. The van der Waals surface area contributed by atoms with Crippen LogP contribution < -0.4 is 5.32 Å². The summed E-state index contributed by atoms with van der Waals surface area (Å²) in [6.45, 7) is 3.90. The summed E-state index contributed by atoms with van der Waals surface area (Å²) in [5.41, 5.74) is 4.25. The Balaban J connectivity index is 1.84. The summed E-state index contributed by atoms with van der Waals surface area (Å²) in [7, 11) is 0. The molecule has 1 atom stereocenters. The summed E-state index contributed by atoms with van der Waals surface area (Å²) < 4.78 is 0. The molecule has 4 aromatic rings. The molecule has 0 amide bonds. The monoisotopic (exact) mass is 401 g/mol. The van der Waals surface area contributed by atoms with Crippen molar-refractivity contribution in [2.24, 2.45) is 0 Å². The minimum atomic E-state index is -0.257. The third-order valence-corrected chi connectivity index (χ3v) is 5.69. The van der Waals surface area contributed by atoms with Crippen molar-refractivity contribution in [3.63, 3.8) is 0 Å². The zero-order valence-corrected chi connectivity index (χ0v) is 17.5. The van der Waals surface area contributed by atoms with E-state index in [1.165, 1.54) is 4.90 Å². The van der Waals surface area contributed by atoms with E-state index in [1.54, 1.807) is 11.8 Å². The van der Waals surface area contributed by atoms with E-state index in [2.05, 4.69) is 45.8 Å². The number of anilines is 1. The van der Waals surface area contributed by atoms with Crippen molar-refractivity contribution in [3.05, 3.63) is 89.2 Å². The molecule has 2 N–H and O–H groups in total. The van der Waals surface area contributed by atoms with Gasteiger partial charge in [-0.05, 0) is 56.0 Å². The lowest BCUT2D eigenvalue weighted by molar-refractivity contribution is 0.471. The highest BCUT2D eigenvalue weighted by atomic mass is 32.2. The molecule has 4 nitrogen and oxygen atoms in total. The third kappa shape index (κ3) is 4.05. The number of fused-ring (bicyclic) bond motifs is 1. The highest BCUT2D eigenvalue weighted by Gasteiger charge is 2.20. The van der Waals surface area contributed by atoms with Crippen LogP contribution in [0.3, 0.4) is 0 Å². The van der Waals surface area contributed by atoms with E-state index in [0.717, 1.165) is 33.7 Å². The van der Waals surface area contributed by atoms with Gasteiger partial charge in [-0.15, -0.1) is 11.8 Å². The Morgan fingerprint density at radius 3 is 2.31 bits per heavy atom. The van der Waals surface area contributed by atoms with Gasteiger partial charge in [0.25, 0.3) is 0 Å². The molecule has 0 fully saturated rings. The number of nitrogens with one attached hydrogen (secondary N) is 1. The Hall–Kier alpha value is -3.05. The maximum Gasteiger partial charge on any atom is 0.147 e. The number of hydrogen-bond acceptors (Lipinski definition) is 5. The molecule has 0 aliphatic rings. The molecule has 0 aliphatic carbocycles. The lowest BCUT2D eigenvalue weighted by Crippen LogP contribution is -2.14. The smallest absolute Gasteiger partial charge is 0.147 e. The first-order chi connectivity index (χ1) is 14.0. The van der Waals surface area contributed by atoms with Gasteiger partial charge in [-0.1, -0.05) is 36.4 Å². The number of thioether (sulfide) groups is 1. The highest BCUT2D eigenvalue weighted by molar-refractivity contribution is 7.98. The van der Waals surface area contributed by atoms with Crippen LogP contribution in [0.2, 0.25) is 0 Å². The number of aromatic hydroxyl groups is 1. The highest BCUT2D eigenvalue weighted by Crippen LogP contribution is 2.36. The summed E-state index contributed by atoms with van der Waals surface area (Å²) in [6, 6.07) is 21.9. The summed E-state index contributed by atoms with van der Waals surface area (Å²) >= 11 is 1.71. The third-order valence-electron chi connectivity index (χ3n) is 4.95. The molecule has 4 rings (SSSR count). The molecule has 146 valence electrons. The Bertz CT molecular complexity index is 1160. The Morgan fingerprint density at radius 1 is 0.862 bits per heavy atom. The van der Waals surface area contributed by atoms with Gasteiger partial charge in [0.15, 0.2) is 0 Å². The number of pyridine rings is 2. The Labute approximate surface area is 175 Å². The van der Waals surface area contributed by atoms with Crippen molar-refractivity contribution in [2.45, 2.75) is 24.8 Å². The number of phenols is 1. The minimum Gasteiger partial charge on any atom is -0.505 e. The van der Waals surface area contributed by atoms with Gasteiger partial charge in [-0.25, -0.2) is 9.97 Å². The molecule has 2 aromatic carbocycles. The normalized spacial score (nSPS) is 12.1. The molecule has 0 aliphatic heterocycles. The van der Waals surface area contributed by atoms with Crippen LogP contribution >= 0.6 is 11.8 Å². The molecule has 1 unspecified atom stereocenters. The van der Waals surface area contributed by atoms with E-state index in [-0.39, 0.29) is 11.8 Å². The molecule has 5 heteroatoms. The summed E-state index contributed by atoms with van der Waals surface area (Å²) in [5.74, 6) is 0.964. The lowest BCUT2D eigenvalue weighted by atomic mass is 9.96. The number of benzene rings is 2. The van der Waals surface area contributed by atoms with Gasteiger partial charge in [-0.2, -0.15) is 0 Å².